The van der Waals surface area contributed by atoms with Gasteiger partial charge in [-0.25, -0.2) is 9.67 Å². The highest BCUT2D eigenvalue weighted by molar-refractivity contribution is 5.37. The molecule has 3 rings (SSSR count). The zero-order valence-corrected chi connectivity index (χ0v) is 14.4. The Morgan fingerprint density at radius 3 is 2.75 bits per heavy atom. The summed E-state index contributed by atoms with van der Waals surface area (Å²) in [4.78, 5) is 11.0. The van der Waals surface area contributed by atoms with Crippen molar-refractivity contribution < 1.29 is 4.42 Å². The number of hydrogen-bond acceptors (Lipinski definition) is 6. The minimum atomic E-state index is 0.110. The van der Waals surface area contributed by atoms with Crippen LogP contribution in [0.25, 0.3) is 5.82 Å². The molecule has 3 aromatic heterocycles. The van der Waals surface area contributed by atoms with Gasteiger partial charge in [0, 0.05) is 12.2 Å². The van der Waals surface area contributed by atoms with Gasteiger partial charge in [0.1, 0.15) is 11.6 Å². The Hall–Kier alpha value is -2.67. The van der Waals surface area contributed by atoms with Crippen molar-refractivity contribution in [2.75, 3.05) is 26.0 Å². The van der Waals surface area contributed by atoms with Gasteiger partial charge in [-0.05, 0) is 46.1 Å². The predicted molar refractivity (Wildman–Crippen MR) is 92.3 cm³/mol. The zero-order valence-electron chi connectivity index (χ0n) is 14.4. The average Bonchev–Trinajstić information content (AvgIpc) is 3.17. The van der Waals surface area contributed by atoms with Crippen LogP contribution in [0.4, 0.5) is 5.82 Å². The van der Waals surface area contributed by atoms with Crippen LogP contribution in [0, 0.1) is 13.8 Å². The molecule has 1 N–H and O–H groups in total. The fourth-order valence-electron chi connectivity index (χ4n) is 2.62. The van der Waals surface area contributed by atoms with Crippen molar-refractivity contribution in [1.29, 1.82) is 0 Å². The summed E-state index contributed by atoms with van der Waals surface area (Å²) in [5.41, 5.74) is 1.99. The van der Waals surface area contributed by atoms with Gasteiger partial charge in [0.25, 0.3) is 0 Å². The molecule has 0 fully saturated rings. The lowest BCUT2D eigenvalue weighted by molar-refractivity contribution is 0.269. The van der Waals surface area contributed by atoms with Crippen molar-refractivity contribution in [3.8, 4) is 5.82 Å². The molecule has 0 aliphatic heterocycles. The molecule has 0 aromatic carbocycles. The highest BCUT2D eigenvalue weighted by Gasteiger charge is 2.17. The summed E-state index contributed by atoms with van der Waals surface area (Å²) in [5.74, 6) is 2.32. The molecule has 0 radical (unpaired) electrons. The van der Waals surface area contributed by atoms with Gasteiger partial charge in [0.15, 0.2) is 5.82 Å². The summed E-state index contributed by atoms with van der Waals surface area (Å²) in [7, 11) is 4.04. The minimum absolute atomic E-state index is 0.110. The summed E-state index contributed by atoms with van der Waals surface area (Å²) < 4.78 is 7.32. The first-order chi connectivity index (χ1) is 11.5. The van der Waals surface area contributed by atoms with Gasteiger partial charge in [-0.2, -0.15) is 5.10 Å². The number of likely N-dealkylation sites (N-methyl/N-ethyl adjacent to an activating group) is 1. The molecule has 0 amide bonds. The summed E-state index contributed by atoms with van der Waals surface area (Å²) in [6, 6.07) is 6.00. The maximum Gasteiger partial charge on any atom is 0.174 e. The quantitative estimate of drug-likeness (QED) is 0.751. The number of rotatable bonds is 6. The number of aryl methyl sites for hydroxylation is 2. The van der Waals surface area contributed by atoms with Crippen molar-refractivity contribution >= 4 is 5.82 Å². The number of furan rings is 1. The molecule has 0 bridgehead atoms. The van der Waals surface area contributed by atoms with E-state index in [-0.39, 0.29) is 6.04 Å². The number of hydrogen-bond donors (Lipinski definition) is 1. The van der Waals surface area contributed by atoms with E-state index in [1.165, 1.54) is 0 Å². The van der Waals surface area contributed by atoms with E-state index in [0.717, 1.165) is 17.1 Å². The van der Waals surface area contributed by atoms with E-state index in [2.05, 4.69) is 25.3 Å². The largest absolute Gasteiger partial charge is 0.468 e. The molecular formula is C17H22N6O. The van der Waals surface area contributed by atoms with Crippen LogP contribution < -0.4 is 5.32 Å². The number of anilines is 1. The Morgan fingerprint density at radius 2 is 2.12 bits per heavy atom. The standard InChI is InChI=1S/C17H22N6O/c1-12-8-13(2)23(21-12)17-11-18-10-16(20-17)19-9-14(22(3)4)15-6-5-7-24-15/h5-8,10-11,14H,9H2,1-4H3,(H,19,20)/t14-/m1/s1. The summed E-state index contributed by atoms with van der Waals surface area (Å²) in [6.07, 6.45) is 5.11. The topological polar surface area (TPSA) is 72.0 Å². The van der Waals surface area contributed by atoms with Gasteiger partial charge < -0.3 is 9.73 Å². The van der Waals surface area contributed by atoms with Gasteiger partial charge in [-0.3, -0.25) is 9.88 Å². The first-order valence-electron chi connectivity index (χ1n) is 7.84. The van der Waals surface area contributed by atoms with Crippen molar-refractivity contribution in [3.63, 3.8) is 0 Å². The molecule has 1 atom stereocenters. The molecule has 3 heterocycles. The normalized spacial score (nSPS) is 12.5. The van der Waals surface area contributed by atoms with E-state index in [4.69, 9.17) is 4.42 Å². The van der Waals surface area contributed by atoms with Crippen molar-refractivity contribution in [1.82, 2.24) is 24.6 Å². The van der Waals surface area contributed by atoms with Crippen LogP contribution in [0.5, 0.6) is 0 Å². The Labute approximate surface area is 141 Å². The summed E-state index contributed by atoms with van der Waals surface area (Å²) >= 11 is 0. The third-order valence-corrected chi connectivity index (χ3v) is 3.82. The van der Waals surface area contributed by atoms with Crippen LogP contribution in [0.2, 0.25) is 0 Å². The first kappa shape index (κ1) is 16.2. The van der Waals surface area contributed by atoms with Crippen LogP contribution in [0.1, 0.15) is 23.2 Å². The Balaban J connectivity index is 1.76. The van der Waals surface area contributed by atoms with Gasteiger partial charge in [-0.15, -0.1) is 0 Å². The molecule has 0 spiro atoms. The maximum atomic E-state index is 5.53. The third-order valence-electron chi connectivity index (χ3n) is 3.82. The molecule has 0 aliphatic rings. The fraction of sp³-hybridized carbons (Fsp3) is 0.353. The second kappa shape index (κ2) is 6.84. The molecular weight excluding hydrogens is 304 g/mol. The van der Waals surface area contributed by atoms with Crippen LogP contribution in [-0.2, 0) is 0 Å². The second-order valence-electron chi connectivity index (χ2n) is 5.98. The molecule has 0 unspecified atom stereocenters. The van der Waals surface area contributed by atoms with E-state index in [9.17, 15) is 0 Å². The average molecular weight is 326 g/mol. The maximum absolute atomic E-state index is 5.53. The molecule has 7 nitrogen and oxygen atoms in total. The van der Waals surface area contributed by atoms with Crippen LogP contribution in [0.15, 0.2) is 41.3 Å². The van der Waals surface area contributed by atoms with Gasteiger partial charge in [0.05, 0.1) is 30.4 Å². The fourth-order valence-corrected chi connectivity index (χ4v) is 2.62. The molecule has 0 saturated heterocycles. The van der Waals surface area contributed by atoms with E-state index >= 15 is 0 Å². The predicted octanol–water partition coefficient (Wildman–Crippen LogP) is 2.59. The first-order valence-corrected chi connectivity index (χ1v) is 7.84. The molecule has 3 aromatic rings. The SMILES string of the molecule is Cc1cc(C)n(-c2cncc(NC[C@H](c3ccco3)N(C)C)n2)n1. The molecule has 0 aliphatic carbocycles. The summed E-state index contributed by atoms with van der Waals surface area (Å²) in [6.45, 7) is 4.63. The Kier molecular flexibility index (Phi) is 4.61. The van der Waals surface area contributed by atoms with E-state index in [1.807, 2.05) is 46.1 Å². The van der Waals surface area contributed by atoms with Crippen LogP contribution >= 0.6 is 0 Å². The van der Waals surface area contributed by atoms with E-state index in [0.29, 0.717) is 18.2 Å². The highest BCUT2D eigenvalue weighted by Crippen LogP contribution is 2.19. The molecule has 126 valence electrons. The lowest BCUT2D eigenvalue weighted by atomic mass is 10.2. The Bertz CT molecular complexity index is 793. The zero-order chi connectivity index (χ0) is 17.1. The number of nitrogens with one attached hydrogen (secondary N) is 1. The van der Waals surface area contributed by atoms with Crippen LogP contribution in [-0.4, -0.2) is 45.3 Å². The van der Waals surface area contributed by atoms with Gasteiger partial charge in [-0.1, -0.05) is 0 Å². The van der Waals surface area contributed by atoms with Crippen molar-refractivity contribution in [2.45, 2.75) is 19.9 Å². The Morgan fingerprint density at radius 1 is 1.29 bits per heavy atom. The van der Waals surface area contributed by atoms with Crippen molar-refractivity contribution in [3.05, 3.63) is 54.0 Å². The third kappa shape index (κ3) is 3.46. The molecule has 24 heavy (non-hydrogen) atoms. The van der Waals surface area contributed by atoms with Crippen molar-refractivity contribution in [2.24, 2.45) is 0 Å². The minimum Gasteiger partial charge on any atom is -0.468 e. The van der Waals surface area contributed by atoms with Gasteiger partial charge in [0.2, 0.25) is 0 Å². The molecule has 0 saturated carbocycles. The number of aromatic nitrogens is 4. The van der Waals surface area contributed by atoms with E-state index < -0.39 is 0 Å². The monoisotopic (exact) mass is 326 g/mol. The van der Waals surface area contributed by atoms with Gasteiger partial charge >= 0.3 is 0 Å². The molecule has 7 heteroatoms. The smallest absolute Gasteiger partial charge is 0.174 e. The van der Waals surface area contributed by atoms with E-state index in [1.54, 1.807) is 23.3 Å². The second-order valence-corrected chi connectivity index (χ2v) is 5.98. The lowest BCUT2D eigenvalue weighted by Crippen LogP contribution is -2.26. The number of nitrogens with zero attached hydrogens (tertiary/aromatic N) is 5. The summed E-state index contributed by atoms with van der Waals surface area (Å²) in [5, 5.41) is 7.78. The lowest BCUT2D eigenvalue weighted by Gasteiger charge is -2.22. The van der Waals surface area contributed by atoms with Crippen LogP contribution in [0.3, 0.4) is 0 Å². The highest BCUT2D eigenvalue weighted by atomic mass is 16.3.